The third kappa shape index (κ3) is 3.51. The number of aryl methyl sites for hydroxylation is 1. The first-order valence-corrected chi connectivity index (χ1v) is 9.67. The average Bonchev–Trinajstić information content (AvgIpc) is 3.07. The maximum absolute atomic E-state index is 9.21. The van der Waals surface area contributed by atoms with E-state index >= 15 is 0 Å². The second-order valence-electron chi connectivity index (χ2n) is 8.58. The first-order chi connectivity index (χ1) is 15.3. The summed E-state index contributed by atoms with van der Waals surface area (Å²) >= 11 is 0. The van der Waals surface area contributed by atoms with E-state index in [4.69, 9.17) is 9.90 Å². The molecule has 0 saturated heterocycles. The number of rotatable bonds is 2. The number of hydrogen-bond acceptors (Lipinski definition) is 2. The van der Waals surface area contributed by atoms with Gasteiger partial charge >= 0.3 is 0 Å². The van der Waals surface area contributed by atoms with Crippen LogP contribution in [0.4, 0.5) is 0 Å². The highest BCUT2D eigenvalue weighted by Gasteiger charge is 2.21. The van der Waals surface area contributed by atoms with E-state index in [2.05, 4.69) is 6.07 Å². The quantitative estimate of drug-likeness (QED) is 0.387. The molecule has 0 saturated carbocycles. The Bertz CT molecular complexity index is 1490. The summed E-state index contributed by atoms with van der Waals surface area (Å²) in [5, 5.41) is 11.0. The van der Waals surface area contributed by atoms with Gasteiger partial charge in [0.2, 0.25) is 5.69 Å². The van der Waals surface area contributed by atoms with Crippen LogP contribution in [0.1, 0.15) is 48.6 Å². The fraction of sp³-hybridized carbons (Fsp3) is 0.308. The van der Waals surface area contributed by atoms with Crippen molar-refractivity contribution in [3.8, 4) is 17.3 Å². The molecule has 0 fully saturated rings. The third-order valence-electron chi connectivity index (χ3n) is 5.09. The Morgan fingerprint density at radius 2 is 1.83 bits per heavy atom. The van der Waals surface area contributed by atoms with E-state index in [1.807, 2.05) is 25.1 Å². The Morgan fingerprint density at radius 1 is 1.10 bits per heavy atom. The molecule has 0 spiro atoms. The lowest BCUT2D eigenvalue weighted by atomic mass is 9.87. The van der Waals surface area contributed by atoms with Crippen molar-refractivity contribution in [2.75, 3.05) is 0 Å². The Labute approximate surface area is 177 Å². The summed E-state index contributed by atoms with van der Waals surface area (Å²) in [5.41, 5.74) is 3.89. The van der Waals surface area contributed by atoms with E-state index < -0.39 is 11.8 Å². The third-order valence-corrected chi connectivity index (χ3v) is 5.09. The molecule has 146 valence electrons. The highest BCUT2D eigenvalue weighted by atomic mass is 16.3. The second-order valence-corrected chi connectivity index (χ2v) is 8.58. The Kier molecular flexibility index (Phi) is 3.44. The molecule has 29 heavy (non-hydrogen) atoms. The minimum absolute atomic E-state index is 0.0124. The van der Waals surface area contributed by atoms with Gasteiger partial charge in [-0.3, -0.25) is 0 Å². The molecule has 0 radical (unpaired) electrons. The molecule has 0 aliphatic carbocycles. The van der Waals surface area contributed by atoms with Crippen molar-refractivity contribution in [3.05, 3.63) is 64.8 Å². The number of hydrogen-bond donors (Lipinski definition) is 0. The number of benzene rings is 2. The van der Waals surface area contributed by atoms with E-state index in [1.165, 1.54) is 0 Å². The summed E-state index contributed by atoms with van der Waals surface area (Å²) in [5.74, 6) is 0. The molecule has 3 heteroatoms. The van der Waals surface area contributed by atoms with Gasteiger partial charge in [0.25, 0.3) is 0 Å². The van der Waals surface area contributed by atoms with Gasteiger partial charge in [-0.25, -0.2) is 0 Å². The average molecular weight is 388 g/mol. The molecule has 3 nitrogen and oxygen atoms in total. The summed E-state index contributed by atoms with van der Waals surface area (Å²) in [6, 6.07) is 11.4. The number of aromatic nitrogens is 1. The fourth-order valence-corrected chi connectivity index (χ4v) is 3.61. The van der Waals surface area contributed by atoms with Gasteiger partial charge in [0.15, 0.2) is 5.69 Å². The maximum Gasteiger partial charge on any atom is 0.213 e. The van der Waals surface area contributed by atoms with Gasteiger partial charge in [-0.15, -0.1) is 0 Å². The van der Waals surface area contributed by atoms with E-state index in [0.29, 0.717) is 28.1 Å². The lowest BCUT2D eigenvalue weighted by Crippen LogP contribution is -2.35. The monoisotopic (exact) mass is 387 g/mol. The van der Waals surface area contributed by atoms with Crippen LogP contribution in [0, 0.1) is 30.6 Å². The maximum atomic E-state index is 9.21. The number of fused-ring (bicyclic) bond motifs is 3. The number of nitriles is 1. The second kappa shape index (κ2) is 6.74. The van der Waals surface area contributed by atoms with Crippen LogP contribution < -0.4 is 4.57 Å². The molecule has 0 aliphatic rings. The lowest BCUT2D eigenvalue weighted by Gasteiger charge is -2.18. The fourth-order valence-electron chi connectivity index (χ4n) is 3.61. The van der Waals surface area contributed by atoms with Crippen LogP contribution in [0.2, 0.25) is 0 Å². The van der Waals surface area contributed by atoms with Crippen molar-refractivity contribution < 1.29 is 14.5 Å². The Morgan fingerprint density at radius 3 is 2.52 bits per heavy atom. The van der Waals surface area contributed by atoms with Gasteiger partial charge in [0, 0.05) is 32.5 Å². The zero-order valence-electron chi connectivity index (χ0n) is 21.7. The highest BCUT2D eigenvalue weighted by molar-refractivity contribution is 6.06. The molecular formula is C26H27N2O+. The standard InChI is InChI=1S/C26H27N2O/c1-16-9-22-20-8-7-18(15-27)12-24(20)29-25(22)13-21(16)23-11-19(14-26(3,4)5)10-17(2)28(23)6/h7-13H,14H2,1-6H3/q+1/i10D,11D,14D2. The minimum atomic E-state index is -1.87. The molecule has 4 rings (SSSR count). The van der Waals surface area contributed by atoms with Crippen LogP contribution in [0.3, 0.4) is 0 Å². The lowest BCUT2D eigenvalue weighted by molar-refractivity contribution is -0.666. The predicted octanol–water partition coefficient (Wildman–Crippen LogP) is 6.15. The van der Waals surface area contributed by atoms with Crippen molar-refractivity contribution in [3.63, 3.8) is 0 Å². The predicted molar refractivity (Wildman–Crippen MR) is 118 cm³/mol. The van der Waals surface area contributed by atoms with Crippen molar-refractivity contribution in [2.24, 2.45) is 12.5 Å². The topological polar surface area (TPSA) is 40.8 Å². The van der Waals surface area contributed by atoms with Crippen molar-refractivity contribution in [2.45, 2.75) is 41.0 Å². The Hall–Kier alpha value is -3.12. The van der Waals surface area contributed by atoms with Crippen LogP contribution >= 0.6 is 0 Å². The molecule has 0 atom stereocenters. The van der Waals surface area contributed by atoms with Gasteiger partial charge in [-0.05, 0) is 60.2 Å². The summed E-state index contributed by atoms with van der Waals surface area (Å²) in [6.07, 6.45) is -1.87. The van der Waals surface area contributed by atoms with E-state index in [1.54, 1.807) is 51.4 Å². The summed E-state index contributed by atoms with van der Waals surface area (Å²) in [4.78, 5) is 0. The van der Waals surface area contributed by atoms with Crippen molar-refractivity contribution >= 4 is 21.9 Å². The van der Waals surface area contributed by atoms with Gasteiger partial charge in [-0.2, -0.15) is 9.83 Å². The summed E-state index contributed by atoms with van der Waals surface area (Å²) in [7, 11) is 1.80. The first kappa shape index (κ1) is 14.8. The SMILES string of the molecule is [2H]c1c(C([2H])([2H])C(C)(C)C)c([2H])c(-c2cc3oc4cc(C#N)ccc4c3cc2C)[n+](C)c1C. The first-order valence-electron chi connectivity index (χ1n) is 11.7. The van der Waals surface area contributed by atoms with E-state index in [0.717, 1.165) is 21.9 Å². The molecule has 0 N–H and O–H groups in total. The van der Waals surface area contributed by atoms with E-state index in [-0.39, 0.29) is 17.6 Å². The zero-order valence-corrected chi connectivity index (χ0v) is 17.7. The minimum Gasteiger partial charge on any atom is -0.456 e. The molecule has 4 aromatic rings. The smallest absolute Gasteiger partial charge is 0.213 e. The van der Waals surface area contributed by atoms with Crippen LogP contribution in [-0.2, 0) is 13.4 Å². The van der Waals surface area contributed by atoms with Crippen molar-refractivity contribution in [1.82, 2.24) is 0 Å². The molecule has 0 amide bonds. The normalized spacial score (nSPS) is 14.4. The Balaban J connectivity index is 2.06. The molecule has 2 aromatic heterocycles. The highest BCUT2D eigenvalue weighted by Crippen LogP contribution is 2.34. The number of pyridine rings is 1. The number of nitrogens with zero attached hydrogens (tertiary/aromatic N) is 2. The van der Waals surface area contributed by atoms with Gasteiger partial charge in [0.05, 0.1) is 19.9 Å². The summed E-state index contributed by atoms with van der Waals surface area (Å²) in [6.45, 7) is 9.10. The molecular weight excluding hydrogens is 356 g/mol. The molecule has 0 aliphatic heterocycles. The van der Waals surface area contributed by atoms with Gasteiger partial charge in [0.1, 0.15) is 18.2 Å². The van der Waals surface area contributed by atoms with Gasteiger partial charge in [-0.1, -0.05) is 20.8 Å². The number of furan rings is 1. The van der Waals surface area contributed by atoms with Crippen LogP contribution in [0.25, 0.3) is 33.2 Å². The van der Waals surface area contributed by atoms with Gasteiger partial charge < -0.3 is 4.42 Å². The zero-order chi connectivity index (χ0) is 24.5. The largest absolute Gasteiger partial charge is 0.456 e. The molecule has 2 heterocycles. The molecule has 0 bridgehead atoms. The van der Waals surface area contributed by atoms with E-state index in [9.17, 15) is 5.26 Å². The van der Waals surface area contributed by atoms with Crippen LogP contribution in [-0.4, -0.2) is 0 Å². The van der Waals surface area contributed by atoms with Crippen molar-refractivity contribution in [1.29, 1.82) is 5.26 Å². The molecule has 0 unspecified atom stereocenters. The summed E-state index contributed by atoms with van der Waals surface area (Å²) < 4.78 is 43.1. The van der Waals surface area contributed by atoms with Crippen LogP contribution in [0.5, 0.6) is 0 Å². The van der Waals surface area contributed by atoms with Crippen LogP contribution in [0.15, 0.2) is 46.8 Å². The molecule has 2 aromatic carbocycles.